The first kappa shape index (κ1) is 24.9. The highest BCUT2D eigenvalue weighted by Gasteiger charge is 2.38. The summed E-state index contributed by atoms with van der Waals surface area (Å²) in [5, 5.41) is 3.55. The van der Waals surface area contributed by atoms with Crippen molar-refractivity contribution >= 4 is 22.7 Å². The fourth-order valence-corrected chi connectivity index (χ4v) is 5.05. The zero-order valence-electron chi connectivity index (χ0n) is 21.4. The summed E-state index contributed by atoms with van der Waals surface area (Å²) < 4.78 is 52.1. The Morgan fingerprint density at radius 2 is 1.85 bits per heavy atom. The van der Waals surface area contributed by atoms with E-state index in [0.717, 1.165) is 57.5 Å². The van der Waals surface area contributed by atoms with Crippen LogP contribution in [0.5, 0.6) is 5.75 Å². The number of alkyl halides is 3. The second-order valence-electron chi connectivity index (χ2n) is 9.60. The van der Waals surface area contributed by atoms with Crippen LogP contribution >= 0.6 is 0 Å². The molecule has 0 saturated carbocycles. The van der Waals surface area contributed by atoms with Crippen molar-refractivity contribution in [2.24, 2.45) is 0 Å². The average Bonchev–Trinajstić information content (AvgIpc) is 3.49. The van der Waals surface area contributed by atoms with Crippen LogP contribution in [0.2, 0.25) is 0 Å². The quantitative estimate of drug-likeness (QED) is 0.240. The summed E-state index contributed by atoms with van der Waals surface area (Å²) in [6.45, 7) is 5.16. The molecule has 0 unspecified atom stereocenters. The Morgan fingerprint density at radius 1 is 1.00 bits per heavy atom. The molecule has 1 aliphatic rings. The number of ether oxygens (including phenoxy) is 1. The van der Waals surface area contributed by atoms with Gasteiger partial charge in [-0.25, -0.2) is 4.98 Å². The molecular formula is C30H25F3N4O2. The fraction of sp³-hybridized carbons (Fsp3) is 0.233. The number of fused-ring (bicyclic) bond motifs is 3. The molecule has 0 spiro atoms. The molecule has 0 fully saturated rings. The van der Waals surface area contributed by atoms with Crippen LogP contribution < -0.4 is 4.74 Å². The van der Waals surface area contributed by atoms with E-state index in [1.54, 1.807) is 0 Å². The van der Waals surface area contributed by atoms with Gasteiger partial charge in [0, 0.05) is 18.5 Å². The van der Waals surface area contributed by atoms with Gasteiger partial charge in [-0.05, 0) is 65.4 Å². The number of aryl methyl sites for hydroxylation is 2. The molecule has 0 saturated heterocycles. The van der Waals surface area contributed by atoms with E-state index in [1.165, 1.54) is 6.08 Å². The van der Waals surface area contributed by atoms with E-state index in [-0.39, 0.29) is 5.82 Å². The van der Waals surface area contributed by atoms with Gasteiger partial charge in [-0.3, -0.25) is 0 Å². The Balaban J connectivity index is 1.43. The lowest BCUT2D eigenvalue weighted by atomic mass is 9.92. The van der Waals surface area contributed by atoms with E-state index < -0.39 is 12.1 Å². The number of aromatic nitrogens is 4. The molecule has 0 radical (unpaired) electrons. The van der Waals surface area contributed by atoms with Gasteiger partial charge >= 0.3 is 12.1 Å². The van der Waals surface area contributed by atoms with Crippen LogP contribution in [0.15, 0.2) is 65.2 Å². The molecule has 0 bridgehead atoms. The van der Waals surface area contributed by atoms with Crippen molar-refractivity contribution in [1.82, 2.24) is 19.7 Å². The van der Waals surface area contributed by atoms with Crippen LogP contribution in [0.25, 0.3) is 22.7 Å². The lowest BCUT2D eigenvalue weighted by molar-refractivity contribution is -0.159. The van der Waals surface area contributed by atoms with Crippen LogP contribution in [0.4, 0.5) is 13.2 Å². The van der Waals surface area contributed by atoms with Gasteiger partial charge in [-0.1, -0.05) is 54.5 Å². The van der Waals surface area contributed by atoms with Gasteiger partial charge in [-0.2, -0.15) is 18.2 Å². The highest BCUT2D eigenvalue weighted by atomic mass is 19.4. The Morgan fingerprint density at radius 3 is 2.64 bits per heavy atom. The van der Waals surface area contributed by atoms with Crippen molar-refractivity contribution < 1.29 is 22.4 Å². The molecule has 3 heterocycles. The Hall–Kier alpha value is -4.40. The van der Waals surface area contributed by atoms with E-state index in [0.29, 0.717) is 24.5 Å². The number of hydrogen-bond donors (Lipinski definition) is 0. The second kappa shape index (κ2) is 9.72. The SMILES string of the molecule is CCCc1nc2c(C)cccc2n1Cc1ccc2c(c1)COc1ccccc1C2=Cc1noc(C(F)(F)F)n1. The molecule has 9 heteroatoms. The fourth-order valence-electron chi connectivity index (χ4n) is 5.05. The molecule has 198 valence electrons. The number of hydrogen-bond acceptors (Lipinski definition) is 5. The summed E-state index contributed by atoms with van der Waals surface area (Å²) in [6, 6.07) is 19.7. The van der Waals surface area contributed by atoms with Gasteiger partial charge in [-0.15, -0.1) is 0 Å². The van der Waals surface area contributed by atoms with Crippen LogP contribution in [0.1, 0.15) is 58.7 Å². The van der Waals surface area contributed by atoms with E-state index in [4.69, 9.17) is 9.72 Å². The summed E-state index contributed by atoms with van der Waals surface area (Å²) in [4.78, 5) is 8.48. The maximum absolute atomic E-state index is 13.1. The van der Waals surface area contributed by atoms with Crippen molar-refractivity contribution in [1.29, 1.82) is 0 Å². The van der Waals surface area contributed by atoms with Gasteiger partial charge in [0.15, 0.2) is 5.82 Å². The van der Waals surface area contributed by atoms with Crippen molar-refractivity contribution in [2.75, 3.05) is 0 Å². The van der Waals surface area contributed by atoms with Gasteiger partial charge in [0.05, 0.1) is 11.0 Å². The Kier molecular flexibility index (Phi) is 6.21. The summed E-state index contributed by atoms with van der Waals surface area (Å²) >= 11 is 0. The molecule has 0 atom stereocenters. The monoisotopic (exact) mass is 530 g/mol. The van der Waals surface area contributed by atoms with Crippen molar-refractivity contribution in [3.8, 4) is 5.75 Å². The predicted molar refractivity (Wildman–Crippen MR) is 141 cm³/mol. The summed E-state index contributed by atoms with van der Waals surface area (Å²) in [5.74, 6) is 0.128. The summed E-state index contributed by atoms with van der Waals surface area (Å²) in [5.41, 5.74) is 7.46. The van der Waals surface area contributed by atoms with Gasteiger partial charge in [0.25, 0.3) is 0 Å². The first-order valence-corrected chi connectivity index (χ1v) is 12.7. The molecule has 0 N–H and O–H groups in total. The first-order valence-electron chi connectivity index (χ1n) is 12.7. The third-order valence-corrected chi connectivity index (χ3v) is 6.85. The number of rotatable bonds is 5. The van der Waals surface area contributed by atoms with Crippen LogP contribution in [-0.4, -0.2) is 19.7 Å². The second-order valence-corrected chi connectivity index (χ2v) is 9.60. The van der Waals surface area contributed by atoms with Gasteiger partial charge in [0.2, 0.25) is 0 Å². The Bertz CT molecular complexity index is 1720. The maximum atomic E-state index is 13.1. The van der Waals surface area contributed by atoms with E-state index in [2.05, 4.69) is 51.3 Å². The minimum atomic E-state index is -4.71. The van der Waals surface area contributed by atoms with Crippen molar-refractivity contribution in [3.63, 3.8) is 0 Å². The van der Waals surface area contributed by atoms with Crippen molar-refractivity contribution in [3.05, 3.63) is 106 Å². The molecule has 6 nitrogen and oxygen atoms in total. The lowest BCUT2D eigenvalue weighted by Crippen LogP contribution is -2.06. The Labute approximate surface area is 222 Å². The molecule has 0 amide bonds. The zero-order chi connectivity index (χ0) is 27.1. The third-order valence-electron chi connectivity index (χ3n) is 6.85. The first-order chi connectivity index (χ1) is 18.8. The molecule has 6 rings (SSSR count). The molecule has 5 aromatic rings. The smallest absolute Gasteiger partial charge is 0.471 e. The molecule has 2 aromatic heterocycles. The largest absolute Gasteiger partial charge is 0.488 e. The van der Waals surface area contributed by atoms with Crippen molar-refractivity contribution in [2.45, 2.75) is 46.0 Å². The predicted octanol–water partition coefficient (Wildman–Crippen LogP) is 7.23. The number of para-hydroxylation sites is 2. The maximum Gasteiger partial charge on any atom is 0.471 e. The number of benzene rings is 3. The molecule has 0 aliphatic carbocycles. The van der Waals surface area contributed by atoms with Crippen LogP contribution in [0, 0.1) is 6.92 Å². The van der Waals surface area contributed by atoms with E-state index in [9.17, 15) is 13.2 Å². The van der Waals surface area contributed by atoms with Crippen LogP contribution in [-0.2, 0) is 25.7 Å². The number of halogens is 3. The zero-order valence-corrected chi connectivity index (χ0v) is 21.4. The lowest BCUT2D eigenvalue weighted by Gasteiger charge is -2.13. The highest BCUT2D eigenvalue weighted by molar-refractivity contribution is 5.94. The number of imidazole rings is 1. The molecular weight excluding hydrogens is 505 g/mol. The highest BCUT2D eigenvalue weighted by Crippen LogP contribution is 2.38. The summed E-state index contributed by atoms with van der Waals surface area (Å²) in [7, 11) is 0. The third kappa shape index (κ3) is 4.69. The van der Waals surface area contributed by atoms with E-state index in [1.807, 2.05) is 42.5 Å². The topological polar surface area (TPSA) is 66.0 Å². The molecule has 3 aromatic carbocycles. The molecule has 1 aliphatic heterocycles. The van der Waals surface area contributed by atoms with Crippen LogP contribution in [0.3, 0.4) is 0 Å². The number of nitrogens with zero attached hydrogens (tertiary/aromatic N) is 4. The minimum Gasteiger partial charge on any atom is -0.488 e. The normalized spacial score (nSPS) is 14.2. The average molecular weight is 531 g/mol. The van der Waals surface area contributed by atoms with Gasteiger partial charge < -0.3 is 13.8 Å². The van der Waals surface area contributed by atoms with E-state index >= 15 is 0 Å². The van der Waals surface area contributed by atoms with Gasteiger partial charge in [0.1, 0.15) is 18.2 Å². The summed E-state index contributed by atoms with van der Waals surface area (Å²) in [6.07, 6.45) is -1.35. The molecule has 39 heavy (non-hydrogen) atoms. The standard InChI is InChI=1S/C30H25F3N4O2/c1-3-7-27-35-28-18(2)8-6-10-24(28)37(27)16-19-12-13-21-20(14-19)17-38-25-11-5-4-9-22(25)23(21)15-26-34-29(39-36-26)30(31,32)33/h4-6,8-15H,3,7,16-17H2,1-2H3. The minimum absolute atomic E-state index is 0.159.